The van der Waals surface area contributed by atoms with E-state index in [0.717, 1.165) is 4.90 Å². The largest absolute Gasteiger partial charge is 0.262 e. The van der Waals surface area contributed by atoms with Crippen LogP contribution in [0.4, 0.5) is 0 Å². The third-order valence-corrected chi connectivity index (χ3v) is 1.68. The molecule has 1 rings (SSSR count). The lowest BCUT2D eigenvalue weighted by atomic mass is 10.5. The zero-order valence-electron chi connectivity index (χ0n) is 4.89. The first-order valence-corrected chi connectivity index (χ1v) is 4.00. The van der Waals surface area contributed by atoms with Crippen molar-refractivity contribution in [3.8, 4) is 0 Å². The summed E-state index contributed by atoms with van der Waals surface area (Å²) < 4.78 is 0. The van der Waals surface area contributed by atoms with Gasteiger partial charge in [-0.2, -0.15) is 0 Å². The maximum absolute atomic E-state index is 5.59. The quantitative estimate of drug-likeness (QED) is 0.582. The van der Waals surface area contributed by atoms with Gasteiger partial charge in [-0.15, -0.1) is 11.8 Å². The number of hydrogen-bond donors (Lipinski definition) is 0. The minimum Gasteiger partial charge on any atom is -0.262 e. The first-order valence-electron chi connectivity index (χ1n) is 2.40. The molecule has 0 unspecified atom stereocenters. The van der Waals surface area contributed by atoms with Gasteiger partial charge in [0.25, 0.3) is 0 Å². The van der Waals surface area contributed by atoms with Crippen LogP contribution in [0.15, 0.2) is 17.3 Å². The molecule has 0 spiro atoms. The van der Waals surface area contributed by atoms with Crippen LogP contribution in [-0.4, -0.2) is 11.2 Å². The molecule has 47 valence electrons. The Morgan fingerprint density at radius 1 is 1.67 bits per heavy atom. The van der Waals surface area contributed by atoms with Crippen molar-refractivity contribution >= 4 is 23.4 Å². The van der Waals surface area contributed by atoms with Crippen LogP contribution in [0.25, 0.3) is 0 Å². The number of aromatic nitrogens is 1. The highest BCUT2D eigenvalue weighted by atomic mass is 35.5. The molecule has 1 aromatic heterocycles. The maximum atomic E-state index is 5.59. The molecule has 1 aromatic rings. The Labute approximate surface area is 63.4 Å². The molecule has 0 aliphatic carbocycles. The fourth-order valence-corrected chi connectivity index (χ4v) is 1.05. The monoisotopic (exact) mass is 158 g/mol. The van der Waals surface area contributed by atoms with Crippen LogP contribution in [0.5, 0.6) is 0 Å². The fourth-order valence-electron chi connectivity index (χ4n) is 0.456. The van der Waals surface area contributed by atoms with Gasteiger partial charge in [-0.3, -0.25) is 4.98 Å². The molecule has 1 radical (unpaired) electrons. The van der Waals surface area contributed by atoms with Gasteiger partial charge in [0.2, 0.25) is 0 Å². The second kappa shape index (κ2) is 3.08. The Kier molecular flexibility index (Phi) is 2.37. The van der Waals surface area contributed by atoms with E-state index in [1.807, 2.05) is 6.26 Å². The minimum absolute atomic E-state index is 0.571. The second-order valence-electron chi connectivity index (χ2n) is 1.45. The summed E-state index contributed by atoms with van der Waals surface area (Å²) in [4.78, 5) is 4.85. The highest BCUT2D eigenvalue weighted by Crippen LogP contribution is 2.15. The van der Waals surface area contributed by atoms with Crippen molar-refractivity contribution in [2.24, 2.45) is 0 Å². The van der Waals surface area contributed by atoms with Crippen molar-refractivity contribution in [2.75, 3.05) is 6.26 Å². The van der Waals surface area contributed by atoms with Gasteiger partial charge in [-0.1, -0.05) is 11.6 Å². The Balaban J connectivity index is 2.94. The standard InChI is InChI=1S/C6H5ClNS/c1-9-6-2-5(7)3-8-4-6/h3-4H,1H3. The zero-order valence-corrected chi connectivity index (χ0v) is 6.46. The number of pyridine rings is 1. The van der Waals surface area contributed by atoms with Crippen molar-refractivity contribution in [2.45, 2.75) is 4.90 Å². The molecule has 0 N–H and O–H groups in total. The van der Waals surface area contributed by atoms with E-state index in [1.54, 1.807) is 24.2 Å². The predicted molar refractivity (Wildman–Crippen MR) is 39.9 cm³/mol. The van der Waals surface area contributed by atoms with Crippen molar-refractivity contribution in [3.05, 3.63) is 23.5 Å². The van der Waals surface area contributed by atoms with E-state index >= 15 is 0 Å². The molecule has 0 saturated heterocycles. The Morgan fingerprint density at radius 3 is 2.89 bits per heavy atom. The van der Waals surface area contributed by atoms with E-state index < -0.39 is 0 Å². The third-order valence-electron chi connectivity index (χ3n) is 0.842. The van der Waals surface area contributed by atoms with Crippen LogP contribution in [0.3, 0.4) is 0 Å². The predicted octanol–water partition coefficient (Wildman–Crippen LogP) is 2.26. The Hall–Kier alpha value is -0.210. The first-order chi connectivity index (χ1) is 4.33. The van der Waals surface area contributed by atoms with E-state index in [0.29, 0.717) is 5.02 Å². The molecule has 0 aliphatic heterocycles. The van der Waals surface area contributed by atoms with Gasteiger partial charge in [-0.05, 0) is 6.26 Å². The first kappa shape index (κ1) is 6.90. The van der Waals surface area contributed by atoms with E-state index in [-0.39, 0.29) is 0 Å². The van der Waals surface area contributed by atoms with Gasteiger partial charge < -0.3 is 0 Å². The van der Waals surface area contributed by atoms with Crippen molar-refractivity contribution in [3.63, 3.8) is 0 Å². The highest BCUT2D eigenvalue weighted by Gasteiger charge is 1.90. The molecule has 3 heteroatoms. The SMILES string of the molecule is CSc1[c]c(Cl)cnc1. The van der Waals surface area contributed by atoms with Gasteiger partial charge in [0.15, 0.2) is 0 Å². The Morgan fingerprint density at radius 2 is 2.44 bits per heavy atom. The molecule has 0 bridgehead atoms. The number of thioether (sulfide) groups is 1. The third kappa shape index (κ3) is 1.88. The van der Waals surface area contributed by atoms with Crippen LogP contribution in [-0.2, 0) is 0 Å². The maximum Gasteiger partial charge on any atom is 0.0679 e. The van der Waals surface area contributed by atoms with E-state index in [9.17, 15) is 0 Å². The molecule has 0 amide bonds. The van der Waals surface area contributed by atoms with Gasteiger partial charge in [-0.25, -0.2) is 0 Å². The molecule has 0 fully saturated rings. The highest BCUT2D eigenvalue weighted by molar-refractivity contribution is 7.98. The van der Waals surface area contributed by atoms with E-state index in [1.165, 1.54) is 0 Å². The molecular formula is C6H5ClNS. The van der Waals surface area contributed by atoms with Crippen LogP contribution < -0.4 is 0 Å². The molecule has 0 aliphatic rings. The van der Waals surface area contributed by atoms with Gasteiger partial charge >= 0.3 is 0 Å². The van der Waals surface area contributed by atoms with Gasteiger partial charge in [0.05, 0.1) is 5.02 Å². The lowest BCUT2D eigenvalue weighted by Crippen LogP contribution is -1.73. The van der Waals surface area contributed by atoms with Gasteiger partial charge in [0.1, 0.15) is 0 Å². The molecule has 0 aromatic carbocycles. The number of nitrogens with zero attached hydrogens (tertiary/aromatic N) is 1. The van der Waals surface area contributed by atoms with Gasteiger partial charge in [0, 0.05) is 23.4 Å². The molecule has 1 heterocycles. The normalized spacial score (nSPS) is 9.56. The van der Waals surface area contributed by atoms with Crippen molar-refractivity contribution < 1.29 is 0 Å². The summed E-state index contributed by atoms with van der Waals surface area (Å²) in [6.45, 7) is 0. The van der Waals surface area contributed by atoms with Crippen LogP contribution in [0, 0.1) is 6.07 Å². The topological polar surface area (TPSA) is 12.9 Å². The van der Waals surface area contributed by atoms with Crippen LogP contribution in [0.1, 0.15) is 0 Å². The molecule has 0 atom stereocenters. The summed E-state index contributed by atoms with van der Waals surface area (Å²) >= 11 is 7.17. The average molecular weight is 159 g/mol. The van der Waals surface area contributed by atoms with E-state index in [4.69, 9.17) is 11.6 Å². The summed E-state index contributed by atoms with van der Waals surface area (Å²) in [6, 6.07) is 2.92. The number of hydrogen-bond acceptors (Lipinski definition) is 2. The molecular weight excluding hydrogens is 154 g/mol. The van der Waals surface area contributed by atoms with E-state index in [2.05, 4.69) is 11.1 Å². The van der Waals surface area contributed by atoms with Crippen LogP contribution in [0.2, 0.25) is 5.02 Å². The summed E-state index contributed by atoms with van der Waals surface area (Å²) in [7, 11) is 0. The fraction of sp³-hybridized carbons (Fsp3) is 0.167. The van der Waals surface area contributed by atoms with Crippen molar-refractivity contribution in [1.29, 1.82) is 0 Å². The molecule has 0 saturated carbocycles. The smallest absolute Gasteiger partial charge is 0.0679 e. The van der Waals surface area contributed by atoms with Crippen LogP contribution >= 0.6 is 23.4 Å². The lowest BCUT2D eigenvalue weighted by Gasteiger charge is -1.91. The summed E-state index contributed by atoms with van der Waals surface area (Å²) in [5.74, 6) is 0. The Bertz CT molecular complexity index is 202. The minimum atomic E-state index is 0.571. The molecule has 9 heavy (non-hydrogen) atoms. The summed E-state index contributed by atoms with van der Waals surface area (Å²) in [5, 5.41) is 0.571. The van der Waals surface area contributed by atoms with Crippen molar-refractivity contribution in [1.82, 2.24) is 4.98 Å². The second-order valence-corrected chi connectivity index (χ2v) is 2.70. The number of halogens is 1. The molecule has 1 nitrogen and oxygen atoms in total. The summed E-state index contributed by atoms with van der Waals surface area (Å²) in [5.41, 5.74) is 0. The zero-order chi connectivity index (χ0) is 6.69. The average Bonchev–Trinajstić information content (AvgIpc) is 1.88. The number of rotatable bonds is 1. The lowest BCUT2D eigenvalue weighted by molar-refractivity contribution is 1.23. The summed E-state index contributed by atoms with van der Waals surface area (Å²) in [6.07, 6.45) is 5.27.